The summed E-state index contributed by atoms with van der Waals surface area (Å²) < 4.78 is 5.86. The fraction of sp³-hybridized carbons (Fsp3) is 0.294. The normalized spacial score (nSPS) is 16.0. The maximum absolute atomic E-state index is 11.7. The molecule has 6 heteroatoms. The highest BCUT2D eigenvalue weighted by Crippen LogP contribution is 2.29. The molecule has 0 bridgehead atoms. The van der Waals surface area contributed by atoms with Crippen LogP contribution >= 0.6 is 0 Å². The predicted octanol–water partition coefficient (Wildman–Crippen LogP) is 2.73. The van der Waals surface area contributed by atoms with E-state index in [2.05, 4.69) is 15.1 Å². The minimum atomic E-state index is -0.793. The molecule has 1 aliphatic heterocycles. The molecule has 0 fully saturated rings. The van der Waals surface area contributed by atoms with Gasteiger partial charge >= 0.3 is 0 Å². The standard InChI is InChI=1S/C17H18N4O2/c1-11-5-6-13(9-14(11)15-10-18-7-8-19-15)16-20-21(12(2)22)17(3,4)23-16/h5-10H,1-4H3. The van der Waals surface area contributed by atoms with Crippen LogP contribution in [0.5, 0.6) is 0 Å². The summed E-state index contributed by atoms with van der Waals surface area (Å²) in [4.78, 5) is 20.2. The molecule has 0 saturated heterocycles. The molecule has 6 nitrogen and oxygen atoms in total. The fourth-order valence-electron chi connectivity index (χ4n) is 2.55. The highest BCUT2D eigenvalue weighted by Gasteiger charge is 2.38. The van der Waals surface area contributed by atoms with Crippen molar-refractivity contribution in [2.75, 3.05) is 0 Å². The van der Waals surface area contributed by atoms with Crippen molar-refractivity contribution in [1.82, 2.24) is 15.0 Å². The van der Waals surface area contributed by atoms with Crippen LogP contribution in [-0.4, -0.2) is 32.5 Å². The molecule has 118 valence electrons. The maximum Gasteiger partial charge on any atom is 0.243 e. The van der Waals surface area contributed by atoms with Gasteiger partial charge in [0, 0.05) is 30.4 Å². The minimum absolute atomic E-state index is 0.161. The summed E-state index contributed by atoms with van der Waals surface area (Å²) in [6.07, 6.45) is 5.01. The Morgan fingerprint density at radius 2 is 2.04 bits per heavy atom. The second-order valence-electron chi connectivity index (χ2n) is 5.91. The summed E-state index contributed by atoms with van der Waals surface area (Å²) in [5.41, 5.74) is 2.83. The smallest absolute Gasteiger partial charge is 0.243 e. The van der Waals surface area contributed by atoms with Gasteiger partial charge in [0.2, 0.25) is 17.5 Å². The molecule has 1 aliphatic rings. The molecule has 1 aromatic heterocycles. The molecule has 0 spiro atoms. The first-order valence-electron chi connectivity index (χ1n) is 7.34. The molecular formula is C17H18N4O2. The summed E-state index contributed by atoms with van der Waals surface area (Å²) >= 11 is 0. The van der Waals surface area contributed by atoms with E-state index in [4.69, 9.17) is 4.74 Å². The Labute approximate surface area is 134 Å². The van der Waals surface area contributed by atoms with Crippen LogP contribution in [0.15, 0.2) is 41.9 Å². The van der Waals surface area contributed by atoms with Crippen molar-refractivity contribution in [2.24, 2.45) is 5.10 Å². The van der Waals surface area contributed by atoms with Crippen molar-refractivity contribution in [3.05, 3.63) is 47.9 Å². The summed E-state index contributed by atoms with van der Waals surface area (Å²) in [6.45, 7) is 7.10. The van der Waals surface area contributed by atoms with E-state index in [0.29, 0.717) is 5.90 Å². The molecular weight excluding hydrogens is 292 g/mol. The molecule has 0 radical (unpaired) electrons. The van der Waals surface area contributed by atoms with E-state index in [1.54, 1.807) is 18.6 Å². The van der Waals surface area contributed by atoms with Gasteiger partial charge in [-0.1, -0.05) is 6.07 Å². The number of amides is 1. The summed E-state index contributed by atoms with van der Waals surface area (Å²) in [5.74, 6) is 0.265. The van der Waals surface area contributed by atoms with E-state index in [9.17, 15) is 4.79 Å². The number of hydrogen-bond donors (Lipinski definition) is 0. The number of ether oxygens (including phenoxy) is 1. The SMILES string of the molecule is CC(=O)N1N=C(c2ccc(C)c(-c3cnccn3)c2)OC1(C)C. The second kappa shape index (κ2) is 5.46. The molecule has 1 aromatic carbocycles. The van der Waals surface area contributed by atoms with E-state index in [-0.39, 0.29) is 5.91 Å². The topological polar surface area (TPSA) is 67.7 Å². The second-order valence-corrected chi connectivity index (χ2v) is 5.91. The van der Waals surface area contributed by atoms with Gasteiger partial charge in [-0.15, -0.1) is 5.10 Å². The fourth-order valence-corrected chi connectivity index (χ4v) is 2.55. The van der Waals surface area contributed by atoms with Crippen molar-refractivity contribution < 1.29 is 9.53 Å². The number of rotatable bonds is 2. The summed E-state index contributed by atoms with van der Waals surface area (Å²) in [7, 11) is 0. The maximum atomic E-state index is 11.7. The Kier molecular flexibility index (Phi) is 3.60. The van der Waals surface area contributed by atoms with Crippen LogP contribution in [0.3, 0.4) is 0 Å². The molecule has 3 rings (SSSR count). The lowest BCUT2D eigenvalue weighted by atomic mass is 10.0. The highest BCUT2D eigenvalue weighted by atomic mass is 16.5. The van der Waals surface area contributed by atoms with Crippen LogP contribution in [0.2, 0.25) is 0 Å². The first-order chi connectivity index (χ1) is 10.9. The van der Waals surface area contributed by atoms with Gasteiger partial charge in [-0.05, 0) is 38.5 Å². The predicted molar refractivity (Wildman–Crippen MR) is 86.4 cm³/mol. The third kappa shape index (κ3) is 2.79. The third-order valence-electron chi connectivity index (χ3n) is 3.67. The van der Waals surface area contributed by atoms with Crippen LogP contribution < -0.4 is 0 Å². The Morgan fingerprint density at radius 1 is 1.26 bits per heavy atom. The summed E-state index contributed by atoms with van der Waals surface area (Å²) in [6, 6.07) is 5.86. The van der Waals surface area contributed by atoms with E-state index in [1.807, 2.05) is 39.0 Å². The number of carbonyl (C=O) groups excluding carboxylic acids is 1. The molecule has 0 aliphatic carbocycles. The zero-order chi connectivity index (χ0) is 16.6. The zero-order valence-electron chi connectivity index (χ0n) is 13.6. The monoisotopic (exact) mass is 310 g/mol. The lowest BCUT2D eigenvalue weighted by Gasteiger charge is -2.25. The Hall–Kier alpha value is -2.76. The van der Waals surface area contributed by atoms with Gasteiger partial charge in [-0.2, -0.15) is 5.01 Å². The number of carbonyl (C=O) groups is 1. The van der Waals surface area contributed by atoms with Crippen molar-refractivity contribution in [2.45, 2.75) is 33.4 Å². The first-order valence-corrected chi connectivity index (χ1v) is 7.34. The van der Waals surface area contributed by atoms with Crippen molar-refractivity contribution in [1.29, 1.82) is 0 Å². The highest BCUT2D eigenvalue weighted by molar-refractivity contribution is 5.97. The van der Waals surface area contributed by atoms with Crippen LogP contribution in [0.25, 0.3) is 11.3 Å². The number of nitrogens with zero attached hydrogens (tertiary/aromatic N) is 4. The van der Waals surface area contributed by atoms with E-state index < -0.39 is 5.72 Å². The molecule has 0 unspecified atom stereocenters. The number of hydrazone groups is 1. The number of hydrogen-bond acceptors (Lipinski definition) is 5. The Morgan fingerprint density at radius 3 is 2.65 bits per heavy atom. The first kappa shape index (κ1) is 15.1. The van der Waals surface area contributed by atoms with E-state index >= 15 is 0 Å². The molecule has 2 heterocycles. The molecule has 0 atom stereocenters. The van der Waals surface area contributed by atoms with Gasteiger partial charge in [0.15, 0.2) is 0 Å². The van der Waals surface area contributed by atoms with Crippen molar-refractivity contribution in [3.63, 3.8) is 0 Å². The van der Waals surface area contributed by atoms with Crippen molar-refractivity contribution >= 4 is 11.8 Å². The largest absolute Gasteiger partial charge is 0.448 e. The van der Waals surface area contributed by atoms with Crippen LogP contribution in [-0.2, 0) is 9.53 Å². The Balaban J connectivity index is 2.03. The molecule has 1 amide bonds. The zero-order valence-corrected chi connectivity index (χ0v) is 13.6. The third-order valence-corrected chi connectivity index (χ3v) is 3.67. The van der Waals surface area contributed by atoms with Crippen molar-refractivity contribution in [3.8, 4) is 11.3 Å². The van der Waals surface area contributed by atoms with Gasteiger partial charge in [0.25, 0.3) is 0 Å². The van der Waals surface area contributed by atoms with Gasteiger partial charge in [-0.25, -0.2) is 0 Å². The van der Waals surface area contributed by atoms with Gasteiger partial charge in [0.05, 0.1) is 11.9 Å². The molecule has 2 aromatic rings. The lowest BCUT2D eigenvalue weighted by molar-refractivity contribution is -0.142. The Bertz CT molecular complexity index is 784. The van der Waals surface area contributed by atoms with Crippen LogP contribution in [0.1, 0.15) is 31.9 Å². The summed E-state index contributed by atoms with van der Waals surface area (Å²) in [5, 5.41) is 5.67. The van der Waals surface area contributed by atoms with Crippen LogP contribution in [0.4, 0.5) is 0 Å². The lowest BCUT2D eigenvalue weighted by Crippen LogP contribution is -2.41. The number of aromatic nitrogens is 2. The molecule has 23 heavy (non-hydrogen) atoms. The van der Waals surface area contributed by atoms with E-state index in [0.717, 1.165) is 22.4 Å². The van der Waals surface area contributed by atoms with E-state index in [1.165, 1.54) is 11.9 Å². The minimum Gasteiger partial charge on any atom is -0.448 e. The number of benzene rings is 1. The van der Waals surface area contributed by atoms with Gasteiger partial charge in [0.1, 0.15) is 0 Å². The van der Waals surface area contributed by atoms with Gasteiger partial charge < -0.3 is 4.74 Å². The average Bonchev–Trinajstić information content (AvgIpc) is 2.84. The van der Waals surface area contributed by atoms with Gasteiger partial charge in [-0.3, -0.25) is 14.8 Å². The van der Waals surface area contributed by atoms with Crippen LogP contribution in [0, 0.1) is 6.92 Å². The molecule has 0 N–H and O–H groups in total. The average molecular weight is 310 g/mol. The number of aryl methyl sites for hydroxylation is 1. The molecule has 0 saturated carbocycles. The quantitative estimate of drug-likeness (QED) is 0.855.